The lowest BCUT2D eigenvalue weighted by atomic mass is 10.0. The van der Waals surface area contributed by atoms with Gasteiger partial charge < -0.3 is 9.47 Å². The van der Waals surface area contributed by atoms with Crippen molar-refractivity contribution in [3.8, 4) is 28.3 Å². The van der Waals surface area contributed by atoms with E-state index < -0.39 is 0 Å². The minimum Gasteiger partial charge on any atom is -0.493 e. The molecular formula is C19H19N2O2. The van der Waals surface area contributed by atoms with Gasteiger partial charge in [0.25, 0.3) is 0 Å². The molecule has 3 rings (SSSR count). The van der Waals surface area contributed by atoms with Crippen molar-refractivity contribution < 1.29 is 9.47 Å². The monoisotopic (exact) mass is 307 g/mol. The summed E-state index contributed by atoms with van der Waals surface area (Å²) in [5.41, 5.74) is 5.21. The van der Waals surface area contributed by atoms with Crippen molar-refractivity contribution in [3.05, 3.63) is 59.9 Å². The highest BCUT2D eigenvalue weighted by molar-refractivity contribution is 5.72. The van der Waals surface area contributed by atoms with Crippen LogP contribution in [-0.4, -0.2) is 24.0 Å². The Bertz CT molecular complexity index is 823. The summed E-state index contributed by atoms with van der Waals surface area (Å²) in [5.74, 6) is 1.43. The minimum atomic E-state index is 0.713. The van der Waals surface area contributed by atoms with Gasteiger partial charge in [-0.1, -0.05) is 18.2 Å². The van der Waals surface area contributed by atoms with Gasteiger partial charge >= 0.3 is 0 Å². The van der Waals surface area contributed by atoms with E-state index >= 15 is 0 Å². The topological polar surface area (TPSA) is 36.3 Å². The summed E-state index contributed by atoms with van der Waals surface area (Å²) in [6.07, 6.45) is 0. The van der Waals surface area contributed by atoms with Crippen LogP contribution >= 0.6 is 0 Å². The maximum atomic E-state index is 5.41. The molecule has 0 fully saturated rings. The fourth-order valence-electron chi connectivity index (χ4n) is 2.82. The Balaban J connectivity index is 2.13. The van der Waals surface area contributed by atoms with Crippen LogP contribution in [0.1, 0.15) is 11.4 Å². The largest absolute Gasteiger partial charge is 0.493 e. The molecule has 0 saturated carbocycles. The highest BCUT2D eigenvalue weighted by Crippen LogP contribution is 2.35. The van der Waals surface area contributed by atoms with Crippen LogP contribution < -0.4 is 9.47 Å². The first-order valence-corrected chi connectivity index (χ1v) is 7.40. The first-order valence-electron chi connectivity index (χ1n) is 7.40. The molecule has 0 spiro atoms. The second-order valence-electron chi connectivity index (χ2n) is 5.29. The van der Waals surface area contributed by atoms with Gasteiger partial charge in [-0.25, -0.2) is 4.68 Å². The predicted octanol–water partition coefficient (Wildman–Crippen LogP) is 3.97. The van der Waals surface area contributed by atoms with E-state index in [1.165, 1.54) is 0 Å². The van der Waals surface area contributed by atoms with Crippen LogP contribution in [0.25, 0.3) is 16.8 Å². The first kappa shape index (κ1) is 15.2. The lowest BCUT2D eigenvalue weighted by Crippen LogP contribution is -1.98. The van der Waals surface area contributed by atoms with E-state index in [0.717, 1.165) is 34.0 Å². The van der Waals surface area contributed by atoms with Crippen molar-refractivity contribution in [2.24, 2.45) is 0 Å². The summed E-state index contributed by atoms with van der Waals surface area (Å²) in [6.45, 7) is 4.08. The molecule has 0 saturated heterocycles. The zero-order valence-electron chi connectivity index (χ0n) is 13.8. The predicted molar refractivity (Wildman–Crippen MR) is 90.4 cm³/mol. The van der Waals surface area contributed by atoms with E-state index in [-0.39, 0.29) is 0 Å². The lowest BCUT2D eigenvalue weighted by molar-refractivity contribution is 0.355. The number of aromatic nitrogens is 2. The van der Waals surface area contributed by atoms with Crippen LogP contribution in [0.4, 0.5) is 0 Å². The molecule has 2 aromatic carbocycles. The van der Waals surface area contributed by atoms with Crippen LogP contribution in [0.5, 0.6) is 11.5 Å². The van der Waals surface area contributed by atoms with Crippen molar-refractivity contribution in [1.29, 1.82) is 0 Å². The van der Waals surface area contributed by atoms with Gasteiger partial charge in [0, 0.05) is 11.3 Å². The molecule has 0 aliphatic carbocycles. The van der Waals surface area contributed by atoms with Crippen LogP contribution in [0.2, 0.25) is 0 Å². The normalized spacial score (nSPS) is 10.6. The number of hydrogen-bond acceptors (Lipinski definition) is 3. The summed E-state index contributed by atoms with van der Waals surface area (Å²) in [7, 11) is 3.28. The van der Waals surface area contributed by atoms with Crippen molar-refractivity contribution in [2.75, 3.05) is 14.2 Å². The van der Waals surface area contributed by atoms with Gasteiger partial charge in [-0.15, -0.1) is 0 Å². The van der Waals surface area contributed by atoms with Gasteiger partial charge in [0.1, 0.15) is 0 Å². The maximum Gasteiger partial charge on any atom is 0.161 e. The van der Waals surface area contributed by atoms with E-state index in [4.69, 9.17) is 9.47 Å². The minimum absolute atomic E-state index is 0.713. The summed E-state index contributed by atoms with van der Waals surface area (Å²) >= 11 is 0. The molecule has 0 amide bonds. The smallest absolute Gasteiger partial charge is 0.161 e. The Kier molecular flexibility index (Phi) is 4.06. The highest BCUT2D eigenvalue weighted by atomic mass is 16.5. The zero-order valence-corrected chi connectivity index (χ0v) is 13.8. The Hall–Kier alpha value is -2.75. The van der Waals surface area contributed by atoms with Crippen LogP contribution in [0, 0.1) is 19.9 Å². The van der Waals surface area contributed by atoms with Gasteiger partial charge in [-0.3, -0.25) is 0 Å². The van der Waals surface area contributed by atoms with E-state index in [1.54, 1.807) is 14.2 Å². The molecule has 1 radical (unpaired) electrons. The molecule has 4 heteroatoms. The quantitative estimate of drug-likeness (QED) is 0.731. The van der Waals surface area contributed by atoms with Crippen molar-refractivity contribution >= 4 is 0 Å². The molecule has 23 heavy (non-hydrogen) atoms. The molecule has 0 atom stereocenters. The SMILES string of the molecule is COc1ccc(-c2c(C)nn(-c3c[c]ccc3)c2C)cc1OC. The lowest BCUT2D eigenvalue weighted by Gasteiger charge is -2.10. The molecule has 0 N–H and O–H groups in total. The fraction of sp³-hybridized carbons (Fsp3) is 0.211. The standard InChI is InChI=1S/C19H19N2O2/c1-13-19(15-10-11-17(22-3)18(12-15)23-4)14(2)21(20-13)16-8-6-5-7-9-16/h5-6,8-12H,1-4H3. The molecule has 0 bridgehead atoms. The Labute approximate surface area is 136 Å². The molecule has 4 nitrogen and oxygen atoms in total. The summed E-state index contributed by atoms with van der Waals surface area (Å²) in [4.78, 5) is 0. The molecule has 0 aliphatic rings. The van der Waals surface area contributed by atoms with Crippen LogP contribution in [0.3, 0.4) is 0 Å². The Morgan fingerprint density at radius 1 is 1.04 bits per heavy atom. The highest BCUT2D eigenvalue weighted by Gasteiger charge is 2.16. The van der Waals surface area contributed by atoms with Crippen molar-refractivity contribution in [1.82, 2.24) is 9.78 Å². The molecule has 0 aliphatic heterocycles. The number of hydrogen-bond donors (Lipinski definition) is 0. The van der Waals surface area contributed by atoms with Crippen LogP contribution in [-0.2, 0) is 0 Å². The van der Waals surface area contributed by atoms with Gasteiger partial charge in [-0.05, 0) is 49.7 Å². The number of nitrogens with zero attached hydrogens (tertiary/aromatic N) is 2. The summed E-state index contributed by atoms with van der Waals surface area (Å²) in [5, 5.41) is 4.68. The molecule has 0 unspecified atom stereocenters. The third-order valence-electron chi connectivity index (χ3n) is 3.90. The number of methoxy groups -OCH3 is 2. The molecule has 117 valence electrons. The molecule has 1 heterocycles. The number of rotatable bonds is 4. The number of ether oxygens (including phenoxy) is 2. The van der Waals surface area contributed by atoms with Gasteiger partial charge in [0.05, 0.1) is 25.6 Å². The average molecular weight is 307 g/mol. The number of aryl methyl sites for hydroxylation is 1. The third-order valence-corrected chi connectivity index (χ3v) is 3.90. The van der Waals surface area contributed by atoms with Gasteiger partial charge in [0.2, 0.25) is 0 Å². The van der Waals surface area contributed by atoms with E-state index in [0.29, 0.717) is 5.75 Å². The molecule has 1 aromatic heterocycles. The van der Waals surface area contributed by atoms with Gasteiger partial charge in [-0.2, -0.15) is 5.10 Å². The van der Waals surface area contributed by atoms with Crippen molar-refractivity contribution in [2.45, 2.75) is 13.8 Å². The van der Waals surface area contributed by atoms with Crippen LogP contribution in [0.15, 0.2) is 42.5 Å². The Morgan fingerprint density at radius 3 is 2.48 bits per heavy atom. The van der Waals surface area contributed by atoms with Crippen molar-refractivity contribution in [3.63, 3.8) is 0 Å². The van der Waals surface area contributed by atoms with E-state index in [2.05, 4.69) is 18.1 Å². The maximum absolute atomic E-state index is 5.41. The third kappa shape index (κ3) is 2.68. The van der Waals surface area contributed by atoms with Gasteiger partial charge in [0.15, 0.2) is 11.5 Å². The second kappa shape index (κ2) is 6.16. The van der Waals surface area contributed by atoms with E-state index in [1.807, 2.05) is 54.1 Å². The summed E-state index contributed by atoms with van der Waals surface area (Å²) < 4.78 is 12.7. The number of benzene rings is 2. The zero-order chi connectivity index (χ0) is 16.4. The second-order valence-corrected chi connectivity index (χ2v) is 5.29. The Morgan fingerprint density at radius 2 is 1.83 bits per heavy atom. The summed E-state index contributed by atoms with van der Waals surface area (Å²) in [6, 6.07) is 16.8. The van der Waals surface area contributed by atoms with E-state index in [9.17, 15) is 0 Å². The molecular weight excluding hydrogens is 288 g/mol. The average Bonchev–Trinajstić information content (AvgIpc) is 2.89. The fourth-order valence-corrected chi connectivity index (χ4v) is 2.82. The first-order chi connectivity index (χ1) is 11.2. The molecule has 3 aromatic rings.